The van der Waals surface area contributed by atoms with Crippen molar-refractivity contribution in [2.45, 2.75) is 29.1 Å². The highest BCUT2D eigenvalue weighted by Gasteiger charge is 2.55. The predicted molar refractivity (Wildman–Crippen MR) is 97.1 cm³/mol. The molecule has 0 bridgehead atoms. The summed E-state index contributed by atoms with van der Waals surface area (Å²) in [5.41, 5.74) is 0. The van der Waals surface area contributed by atoms with Crippen LogP contribution >= 0.6 is 59.6 Å². The van der Waals surface area contributed by atoms with E-state index in [-0.39, 0.29) is 22.2 Å². The average Bonchev–Trinajstić information content (AvgIpc) is 2.34. The van der Waals surface area contributed by atoms with E-state index in [1.165, 1.54) is 0 Å². The molecule has 1 amide bonds. The number of ether oxygens (including phenoxy) is 2. The van der Waals surface area contributed by atoms with E-state index in [9.17, 15) is 9.59 Å². The van der Waals surface area contributed by atoms with Crippen LogP contribution in [0.25, 0.3) is 0 Å². The number of thiol groups is 1. The SMILES string of the molecule is CC[S+](C(=S)S)C1NC(=O)C1C(C)OC(=O)OCC(Cl)(Cl)Cl. The van der Waals surface area contributed by atoms with E-state index >= 15 is 0 Å². The maximum atomic E-state index is 11.8. The van der Waals surface area contributed by atoms with Gasteiger partial charge in [-0.3, -0.25) is 4.79 Å². The Labute approximate surface area is 157 Å². The zero-order valence-corrected chi connectivity index (χ0v) is 16.5. The number of amides is 1. The Bertz CT molecular complexity index is 460. The van der Waals surface area contributed by atoms with Crippen molar-refractivity contribution in [1.29, 1.82) is 0 Å². The first-order chi connectivity index (χ1) is 10.1. The van der Waals surface area contributed by atoms with Crippen LogP contribution in [0.2, 0.25) is 0 Å². The summed E-state index contributed by atoms with van der Waals surface area (Å²) < 4.78 is 8.55. The molecule has 1 heterocycles. The number of alkyl halides is 3. The van der Waals surface area contributed by atoms with Crippen LogP contribution in [-0.2, 0) is 25.2 Å². The minimum atomic E-state index is -1.72. The Kier molecular flexibility index (Phi) is 7.88. The third-order valence-corrected chi connectivity index (χ3v) is 6.66. The third-order valence-electron chi connectivity index (χ3n) is 2.90. The lowest BCUT2D eigenvalue weighted by atomic mass is 9.96. The molecule has 1 N–H and O–H groups in total. The van der Waals surface area contributed by atoms with Crippen LogP contribution in [0.3, 0.4) is 0 Å². The summed E-state index contributed by atoms with van der Waals surface area (Å²) in [7, 11) is -0.377. The second-order valence-electron chi connectivity index (χ2n) is 4.42. The van der Waals surface area contributed by atoms with Gasteiger partial charge in [-0.15, -0.1) is 0 Å². The summed E-state index contributed by atoms with van der Waals surface area (Å²) in [6, 6.07) is 0. The maximum Gasteiger partial charge on any atom is 0.508 e. The van der Waals surface area contributed by atoms with Gasteiger partial charge in [-0.1, -0.05) is 47.4 Å². The van der Waals surface area contributed by atoms with Crippen LogP contribution in [0.15, 0.2) is 0 Å². The molecule has 0 aliphatic carbocycles. The van der Waals surface area contributed by atoms with Crippen LogP contribution in [0, 0.1) is 5.92 Å². The zero-order valence-electron chi connectivity index (χ0n) is 11.7. The number of β-lactam (4-membered cyclic amide) rings is 1. The van der Waals surface area contributed by atoms with Crippen molar-refractivity contribution in [3.8, 4) is 0 Å². The smallest absolute Gasteiger partial charge is 0.430 e. The van der Waals surface area contributed by atoms with Crippen molar-refractivity contribution in [1.82, 2.24) is 5.32 Å². The zero-order chi connectivity index (χ0) is 17.1. The van der Waals surface area contributed by atoms with Gasteiger partial charge in [-0.2, -0.15) is 0 Å². The molecule has 4 atom stereocenters. The number of rotatable bonds is 5. The third kappa shape index (κ3) is 5.79. The molecule has 11 heteroatoms. The summed E-state index contributed by atoms with van der Waals surface area (Å²) in [6.45, 7) is 3.11. The van der Waals surface area contributed by atoms with Crippen LogP contribution in [-0.4, -0.2) is 43.2 Å². The summed E-state index contributed by atoms with van der Waals surface area (Å²) in [6.07, 6.45) is -1.69. The average molecular weight is 428 g/mol. The van der Waals surface area contributed by atoms with Crippen LogP contribution in [0.1, 0.15) is 13.8 Å². The summed E-state index contributed by atoms with van der Waals surface area (Å²) in [5, 5.41) is 2.58. The van der Waals surface area contributed by atoms with Crippen molar-refractivity contribution < 1.29 is 19.1 Å². The van der Waals surface area contributed by atoms with Gasteiger partial charge in [-0.05, 0) is 26.1 Å². The monoisotopic (exact) mass is 426 g/mol. The van der Waals surface area contributed by atoms with Gasteiger partial charge in [0.05, 0.1) is 10.9 Å². The lowest BCUT2D eigenvalue weighted by molar-refractivity contribution is -0.137. The first kappa shape index (κ1) is 20.4. The number of carbonyl (C=O) groups is 2. The van der Waals surface area contributed by atoms with E-state index in [0.717, 1.165) is 5.75 Å². The van der Waals surface area contributed by atoms with Gasteiger partial charge in [0.25, 0.3) is 3.53 Å². The minimum absolute atomic E-state index is 0.196. The molecule has 5 nitrogen and oxygen atoms in total. The largest absolute Gasteiger partial charge is 0.508 e. The lowest BCUT2D eigenvalue weighted by Crippen LogP contribution is -2.66. The van der Waals surface area contributed by atoms with E-state index in [4.69, 9.17) is 51.8 Å². The standard InChI is InChI=1S/C11H14Cl3NO4S3/c1-3-22(10(20)21)8-6(7(16)15-8)5(2)19-9(17)18-4-11(12,13)14/h5-6,8H,3-4H2,1-2H3,(H-,15,16,20,21)/p+1. The number of carbonyl (C=O) groups excluding carboxylic acids is 2. The molecular weight excluding hydrogens is 413 g/mol. The second-order valence-corrected chi connectivity index (χ2v) is 11.0. The Hall–Kier alpha value is 0.400. The van der Waals surface area contributed by atoms with Crippen molar-refractivity contribution in [3.63, 3.8) is 0 Å². The number of nitrogens with one attached hydrogen (secondary N) is 1. The first-order valence-electron chi connectivity index (χ1n) is 6.20. The number of hydrogen-bond donors (Lipinski definition) is 2. The molecule has 126 valence electrons. The molecule has 0 spiro atoms. The van der Waals surface area contributed by atoms with Gasteiger partial charge in [0.15, 0.2) is 0 Å². The number of halogens is 3. The Morgan fingerprint density at radius 1 is 1.55 bits per heavy atom. The van der Waals surface area contributed by atoms with Gasteiger partial charge in [0, 0.05) is 0 Å². The van der Waals surface area contributed by atoms with Crippen molar-refractivity contribution in [2.24, 2.45) is 5.92 Å². The molecule has 4 unspecified atom stereocenters. The van der Waals surface area contributed by atoms with Gasteiger partial charge in [0.2, 0.25) is 15.1 Å². The summed E-state index contributed by atoms with van der Waals surface area (Å²) >= 11 is 25.7. The quantitative estimate of drug-likeness (QED) is 0.176. The fourth-order valence-corrected chi connectivity index (χ4v) is 5.22. The van der Waals surface area contributed by atoms with Gasteiger partial charge >= 0.3 is 6.16 Å². The number of hydrogen-bond acceptors (Lipinski definition) is 5. The molecule has 0 saturated carbocycles. The molecule has 1 aliphatic rings. The molecule has 1 rings (SSSR count). The van der Waals surface area contributed by atoms with Crippen LogP contribution in [0.4, 0.5) is 4.79 Å². The van der Waals surface area contributed by atoms with E-state index in [0.29, 0.717) is 3.53 Å². The summed E-state index contributed by atoms with van der Waals surface area (Å²) in [5.74, 6) is 0.0321. The van der Waals surface area contributed by atoms with Crippen molar-refractivity contribution in [3.05, 3.63) is 0 Å². The van der Waals surface area contributed by atoms with Crippen LogP contribution < -0.4 is 5.32 Å². The molecule has 1 aliphatic heterocycles. The summed E-state index contributed by atoms with van der Waals surface area (Å²) in [4.78, 5) is 23.3. The molecule has 0 aromatic carbocycles. The highest BCUT2D eigenvalue weighted by atomic mass is 35.6. The molecule has 22 heavy (non-hydrogen) atoms. The highest BCUT2D eigenvalue weighted by Crippen LogP contribution is 2.30. The first-order valence-corrected chi connectivity index (χ1v) is 9.64. The van der Waals surface area contributed by atoms with Gasteiger partial charge < -0.3 is 14.8 Å². The maximum absolute atomic E-state index is 11.8. The molecule has 0 aromatic heterocycles. The molecule has 1 fully saturated rings. The van der Waals surface area contributed by atoms with E-state index in [1.807, 2.05) is 6.92 Å². The van der Waals surface area contributed by atoms with E-state index in [2.05, 4.69) is 22.7 Å². The Balaban J connectivity index is 2.59. The van der Waals surface area contributed by atoms with Crippen molar-refractivity contribution in [2.75, 3.05) is 12.4 Å². The van der Waals surface area contributed by atoms with Crippen LogP contribution in [0.5, 0.6) is 0 Å². The lowest BCUT2D eigenvalue weighted by Gasteiger charge is -2.37. The molecule has 0 aromatic rings. The second kappa shape index (κ2) is 8.48. The predicted octanol–water partition coefficient (Wildman–Crippen LogP) is 2.82. The highest BCUT2D eigenvalue weighted by molar-refractivity contribution is 8.40. The normalized spacial score (nSPS) is 23.8. The minimum Gasteiger partial charge on any atom is -0.430 e. The van der Waals surface area contributed by atoms with Gasteiger partial charge in [-0.25, -0.2) is 4.79 Å². The van der Waals surface area contributed by atoms with Crippen molar-refractivity contribution >= 4 is 86.1 Å². The number of thiocarbonyl (C=S) groups is 1. The molecular formula is C11H15Cl3NO4S3+. The Morgan fingerprint density at radius 3 is 2.55 bits per heavy atom. The molecule has 0 radical (unpaired) electrons. The van der Waals surface area contributed by atoms with E-state index < -0.39 is 28.6 Å². The fourth-order valence-electron chi connectivity index (χ4n) is 1.89. The van der Waals surface area contributed by atoms with Gasteiger partial charge in [0.1, 0.15) is 24.4 Å². The fraction of sp³-hybridized carbons (Fsp3) is 0.727. The molecule has 1 saturated heterocycles. The topological polar surface area (TPSA) is 64.6 Å². The van der Waals surface area contributed by atoms with E-state index in [1.54, 1.807) is 6.92 Å². The Morgan fingerprint density at radius 2 is 2.14 bits per heavy atom.